The van der Waals surface area contributed by atoms with E-state index in [4.69, 9.17) is 5.73 Å². The minimum Gasteiger partial charge on any atom is -0.329 e. The van der Waals surface area contributed by atoms with E-state index in [-0.39, 0.29) is 0 Å². The molecule has 0 aromatic rings. The Morgan fingerprint density at radius 2 is 1.78 bits per heavy atom. The first kappa shape index (κ1) is 14.3. The van der Waals surface area contributed by atoms with Crippen LogP contribution in [0, 0.1) is 0 Å². The van der Waals surface area contributed by atoms with Gasteiger partial charge in [-0.3, -0.25) is 4.90 Å². The number of piperazine rings is 1. The van der Waals surface area contributed by atoms with Gasteiger partial charge < -0.3 is 15.5 Å². The zero-order valence-electron chi connectivity index (χ0n) is 12.3. The third-order valence-corrected chi connectivity index (χ3v) is 4.70. The van der Waals surface area contributed by atoms with Gasteiger partial charge in [-0.1, -0.05) is 0 Å². The van der Waals surface area contributed by atoms with Crippen LogP contribution in [0.5, 0.6) is 0 Å². The molecule has 0 aromatic carbocycles. The molecule has 2 aliphatic rings. The lowest BCUT2D eigenvalue weighted by Gasteiger charge is -2.47. The van der Waals surface area contributed by atoms with Crippen molar-refractivity contribution >= 4 is 0 Å². The van der Waals surface area contributed by atoms with Gasteiger partial charge in [0.1, 0.15) is 0 Å². The van der Waals surface area contributed by atoms with Crippen LogP contribution in [0.25, 0.3) is 0 Å². The van der Waals surface area contributed by atoms with Gasteiger partial charge >= 0.3 is 0 Å². The molecule has 0 aromatic heterocycles. The number of nitrogens with two attached hydrogens (primary N) is 1. The first-order valence-corrected chi connectivity index (χ1v) is 7.50. The van der Waals surface area contributed by atoms with Crippen LogP contribution in [0.1, 0.15) is 26.7 Å². The molecule has 0 aliphatic carbocycles. The van der Waals surface area contributed by atoms with E-state index in [9.17, 15) is 0 Å². The molecular formula is C14H30N4. The highest BCUT2D eigenvalue weighted by molar-refractivity contribution is 4.89. The van der Waals surface area contributed by atoms with E-state index in [1.54, 1.807) is 0 Å². The molecule has 18 heavy (non-hydrogen) atoms. The van der Waals surface area contributed by atoms with Crippen molar-refractivity contribution in [3.05, 3.63) is 0 Å². The molecule has 2 fully saturated rings. The Labute approximate surface area is 112 Å². The van der Waals surface area contributed by atoms with Gasteiger partial charge in [0.15, 0.2) is 0 Å². The first-order valence-electron chi connectivity index (χ1n) is 7.50. The summed E-state index contributed by atoms with van der Waals surface area (Å²) in [6, 6.07) is 2.03. The van der Waals surface area contributed by atoms with Crippen molar-refractivity contribution in [1.29, 1.82) is 0 Å². The fourth-order valence-corrected chi connectivity index (χ4v) is 3.45. The lowest BCUT2D eigenvalue weighted by atomic mass is 9.98. The summed E-state index contributed by atoms with van der Waals surface area (Å²) >= 11 is 0. The minimum atomic E-state index is 0.569. The lowest BCUT2D eigenvalue weighted by molar-refractivity contribution is 0.0215. The Morgan fingerprint density at radius 3 is 2.33 bits per heavy atom. The average molecular weight is 254 g/mol. The fourth-order valence-electron chi connectivity index (χ4n) is 3.45. The number of likely N-dealkylation sites (N-methyl/N-ethyl adjacent to an activating group) is 1. The summed E-state index contributed by atoms with van der Waals surface area (Å²) in [6.07, 6.45) is 2.64. The topological polar surface area (TPSA) is 35.7 Å². The first-order chi connectivity index (χ1) is 8.61. The van der Waals surface area contributed by atoms with Crippen molar-refractivity contribution in [1.82, 2.24) is 14.7 Å². The molecule has 0 spiro atoms. The van der Waals surface area contributed by atoms with Gasteiger partial charge in [0.05, 0.1) is 0 Å². The summed E-state index contributed by atoms with van der Waals surface area (Å²) < 4.78 is 0. The molecule has 1 atom stereocenters. The summed E-state index contributed by atoms with van der Waals surface area (Å²) in [6.45, 7) is 11.5. The normalized spacial score (nSPS) is 30.2. The molecule has 0 radical (unpaired) electrons. The third kappa shape index (κ3) is 3.23. The van der Waals surface area contributed by atoms with Gasteiger partial charge in [-0.2, -0.15) is 0 Å². The van der Waals surface area contributed by atoms with Crippen molar-refractivity contribution in [2.24, 2.45) is 5.73 Å². The molecular weight excluding hydrogens is 224 g/mol. The van der Waals surface area contributed by atoms with Gasteiger partial charge in [-0.15, -0.1) is 0 Å². The number of hydrogen-bond donors (Lipinski definition) is 1. The maximum atomic E-state index is 5.96. The number of nitrogens with zero attached hydrogens (tertiary/aromatic N) is 3. The van der Waals surface area contributed by atoms with Crippen LogP contribution in [0.15, 0.2) is 0 Å². The standard InChI is InChI=1S/C14H30N4/c1-12(2)17-6-4-13(5-7-17)18-9-8-16(3)11-14(18)10-15/h12-14H,4-11,15H2,1-3H3. The Morgan fingerprint density at radius 1 is 1.11 bits per heavy atom. The minimum absolute atomic E-state index is 0.569. The molecule has 2 saturated heterocycles. The Bertz CT molecular complexity index is 248. The monoisotopic (exact) mass is 254 g/mol. The Balaban J connectivity index is 1.88. The van der Waals surface area contributed by atoms with Crippen LogP contribution < -0.4 is 5.73 Å². The van der Waals surface area contributed by atoms with E-state index >= 15 is 0 Å². The number of rotatable bonds is 3. The van der Waals surface area contributed by atoms with Crippen molar-refractivity contribution < 1.29 is 0 Å². The van der Waals surface area contributed by atoms with Gasteiger partial charge in [0.25, 0.3) is 0 Å². The van der Waals surface area contributed by atoms with E-state index in [0.29, 0.717) is 12.1 Å². The van der Waals surface area contributed by atoms with E-state index < -0.39 is 0 Å². The zero-order valence-corrected chi connectivity index (χ0v) is 12.3. The van der Waals surface area contributed by atoms with Gasteiger partial charge in [-0.05, 0) is 46.8 Å². The number of hydrogen-bond acceptors (Lipinski definition) is 4. The quantitative estimate of drug-likeness (QED) is 0.792. The highest BCUT2D eigenvalue weighted by Crippen LogP contribution is 2.22. The van der Waals surface area contributed by atoms with Crippen molar-refractivity contribution in [2.75, 3.05) is 46.3 Å². The van der Waals surface area contributed by atoms with E-state index in [1.165, 1.54) is 39.0 Å². The van der Waals surface area contributed by atoms with Crippen LogP contribution in [0.2, 0.25) is 0 Å². The highest BCUT2D eigenvalue weighted by atomic mass is 15.3. The van der Waals surface area contributed by atoms with Crippen LogP contribution in [-0.4, -0.2) is 79.1 Å². The SMILES string of the molecule is CC(C)N1CCC(N2CCN(C)CC2CN)CC1. The summed E-state index contributed by atoms with van der Waals surface area (Å²) in [5, 5.41) is 0. The third-order valence-electron chi connectivity index (χ3n) is 4.70. The van der Waals surface area contributed by atoms with E-state index in [0.717, 1.165) is 19.1 Å². The second-order valence-electron chi connectivity index (χ2n) is 6.25. The fraction of sp³-hybridized carbons (Fsp3) is 1.00. The van der Waals surface area contributed by atoms with Crippen LogP contribution >= 0.6 is 0 Å². The predicted octanol–water partition coefficient (Wildman–Crippen LogP) is 0.434. The summed E-state index contributed by atoms with van der Waals surface area (Å²) in [4.78, 5) is 7.71. The average Bonchev–Trinajstić information content (AvgIpc) is 2.38. The van der Waals surface area contributed by atoms with Crippen molar-refractivity contribution in [2.45, 2.75) is 44.8 Å². The summed E-state index contributed by atoms with van der Waals surface area (Å²) in [7, 11) is 2.21. The van der Waals surface area contributed by atoms with Crippen LogP contribution in [0.4, 0.5) is 0 Å². The van der Waals surface area contributed by atoms with E-state index in [1.807, 2.05) is 0 Å². The van der Waals surface area contributed by atoms with Crippen molar-refractivity contribution in [3.63, 3.8) is 0 Å². The number of piperidine rings is 1. The molecule has 4 nitrogen and oxygen atoms in total. The van der Waals surface area contributed by atoms with Gasteiger partial charge in [0, 0.05) is 44.3 Å². The zero-order chi connectivity index (χ0) is 13.1. The second-order valence-corrected chi connectivity index (χ2v) is 6.25. The molecule has 2 aliphatic heterocycles. The largest absolute Gasteiger partial charge is 0.329 e. The lowest BCUT2D eigenvalue weighted by Crippen LogP contribution is -2.60. The van der Waals surface area contributed by atoms with Gasteiger partial charge in [-0.25, -0.2) is 0 Å². The molecule has 106 valence electrons. The molecule has 0 bridgehead atoms. The number of likely N-dealkylation sites (tertiary alicyclic amines) is 1. The van der Waals surface area contributed by atoms with Crippen LogP contribution in [-0.2, 0) is 0 Å². The summed E-state index contributed by atoms with van der Waals surface area (Å²) in [5.41, 5.74) is 5.96. The molecule has 2 heterocycles. The van der Waals surface area contributed by atoms with E-state index in [2.05, 4.69) is 35.6 Å². The second kappa shape index (κ2) is 6.33. The molecule has 0 amide bonds. The Hall–Kier alpha value is -0.160. The van der Waals surface area contributed by atoms with Gasteiger partial charge in [0.2, 0.25) is 0 Å². The van der Waals surface area contributed by atoms with Crippen LogP contribution in [0.3, 0.4) is 0 Å². The molecule has 1 unspecified atom stereocenters. The highest BCUT2D eigenvalue weighted by Gasteiger charge is 2.32. The molecule has 2 rings (SSSR count). The maximum absolute atomic E-state index is 5.96. The maximum Gasteiger partial charge on any atom is 0.0349 e. The molecule has 2 N–H and O–H groups in total. The van der Waals surface area contributed by atoms with Crippen molar-refractivity contribution in [3.8, 4) is 0 Å². The Kier molecular flexibility index (Phi) is 5.01. The predicted molar refractivity (Wildman–Crippen MR) is 76.8 cm³/mol. The smallest absolute Gasteiger partial charge is 0.0349 e. The molecule has 4 heteroatoms. The summed E-state index contributed by atoms with van der Waals surface area (Å²) in [5.74, 6) is 0. The molecule has 0 saturated carbocycles.